The summed E-state index contributed by atoms with van der Waals surface area (Å²) in [6.45, 7) is 2.11. The number of aromatic nitrogens is 1. The maximum absolute atomic E-state index is 11.2. The quantitative estimate of drug-likeness (QED) is 0.468. The van der Waals surface area contributed by atoms with Crippen LogP contribution in [0.4, 0.5) is 0 Å². The van der Waals surface area contributed by atoms with Crippen molar-refractivity contribution in [1.29, 1.82) is 0 Å². The van der Waals surface area contributed by atoms with Gasteiger partial charge in [-0.1, -0.05) is 0 Å². The molecule has 0 saturated heterocycles. The Morgan fingerprint density at radius 1 is 1.57 bits per heavy atom. The summed E-state index contributed by atoms with van der Waals surface area (Å²) < 4.78 is 9.79. The first-order valence-electron chi connectivity index (χ1n) is 4.14. The highest BCUT2D eigenvalue weighted by molar-refractivity contribution is 7.80. The van der Waals surface area contributed by atoms with Crippen LogP contribution >= 0.6 is 12.6 Å². The second kappa shape index (κ2) is 5.49. The Balaban J connectivity index is 2.67. The Hall–Kier alpha value is -1.23. The van der Waals surface area contributed by atoms with E-state index in [0.717, 1.165) is 0 Å². The normalized spacial score (nSPS) is 9.57. The van der Waals surface area contributed by atoms with Crippen LogP contribution in [0.25, 0.3) is 0 Å². The van der Waals surface area contributed by atoms with Gasteiger partial charge in [-0.25, -0.2) is 9.78 Å². The van der Waals surface area contributed by atoms with Crippen molar-refractivity contribution in [3.05, 3.63) is 23.9 Å². The number of nitrogens with zero attached hydrogens (tertiary/aromatic N) is 1. The smallest absolute Gasteiger partial charge is 0.339 e. The van der Waals surface area contributed by atoms with Crippen LogP contribution in [0.3, 0.4) is 0 Å². The molecule has 0 spiro atoms. The van der Waals surface area contributed by atoms with E-state index in [-0.39, 0.29) is 11.9 Å². The topological polar surface area (TPSA) is 48.4 Å². The predicted molar refractivity (Wildman–Crippen MR) is 54.7 cm³/mol. The molecule has 1 heterocycles. The molecular formula is C9H11NO3S. The van der Waals surface area contributed by atoms with Crippen LogP contribution in [0.2, 0.25) is 0 Å². The molecule has 0 amide bonds. The number of carbonyl (C=O) groups excluding carboxylic acids is 1. The maximum atomic E-state index is 11.2. The maximum Gasteiger partial charge on any atom is 0.339 e. The number of pyridine rings is 1. The van der Waals surface area contributed by atoms with Gasteiger partial charge in [-0.05, 0) is 13.0 Å². The van der Waals surface area contributed by atoms with E-state index in [1.54, 1.807) is 19.1 Å². The van der Waals surface area contributed by atoms with Crippen LogP contribution in [0, 0.1) is 0 Å². The van der Waals surface area contributed by atoms with E-state index in [1.807, 2.05) is 0 Å². The molecule has 0 aromatic carbocycles. The molecule has 0 aliphatic heterocycles. The lowest BCUT2D eigenvalue weighted by Gasteiger charge is -2.03. The molecule has 1 aromatic rings. The van der Waals surface area contributed by atoms with Crippen molar-refractivity contribution in [1.82, 2.24) is 4.98 Å². The second-order valence-corrected chi connectivity index (χ2v) is 2.64. The lowest BCUT2D eigenvalue weighted by atomic mass is 10.3. The standard InChI is InChI=1S/C9H11NO3S/c1-2-12-9(11)7-3-4-8(10-5-7)13-6-14/h3-5,14H,2,6H2,1H3. The zero-order chi connectivity index (χ0) is 10.4. The zero-order valence-corrected chi connectivity index (χ0v) is 8.66. The average molecular weight is 213 g/mol. The molecule has 5 heteroatoms. The predicted octanol–water partition coefficient (Wildman–Crippen LogP) is 1.52. The Bertz CT molecular complexity index is 299. The van der Waals surface area contributed by atoms with Crippen molar-refractivity contribution >= 4 is 18.6 Å². The summed E-state index contributed by atoms with van der Waals surface area (Å²) in [5, 5.41) is 0. The van der Waals surface area contributed by atoms with Gasteiger partial charge < -0.3 is 9.47 Å². The molecule has 0 saturated carbocycles. The third-order valence-corrected chi connectivity index (χ3v) is 1.59. The summed E-state index contributed by atoms with van der Waals surface area (Å²) in [5.74, 6) is 0.316. The van der Waals surface area contributed by atoms with Crippen LogP contribution in [0.15, 0.2) is 18.3 Å². The fourth-order valence-electron chi connectivity index (χ4n) is 0.867. The van der Waals surface area contributed by atoms with Crippen LogP contribution in [-0.2, 0) is 4.74 Å². The van der Waals surface area contributed by atoms with Crippen LogP contribution < -0.4 is 4.74 Å². The fraction of sp³-hybridized carbons (Fsp3) is 0.333. The van der Waals surface area contributed by atoms with E-state index in [9.17, 15) is 4.79 Å². The van der Waals surface area contributed by atoms with Crippen molar-refractivity contribution in [3.8, 4) is 5.88 Å². The van der Waals surface area contributed by atoms with Crippen molar-refractivity contribution in [2.75, 3.05) is 12.5 Å². The number of ether oxygens (including phenoxy) is 2. The molecule has 0 atom stereocenters. The molecule has 14 heavy (non-hydrogen) atoms. The fourth-order valence-corrected chi connectivity index (χ4v) is 0.999. The van der Waals surface area contributed by atoms with Crippen molar-refractivity contribution in [2.45, 2.75) is 6.92 Å². The molecule has 4 nitrogen and oxygen atoms in total. The van der Waals surface area contributed by atoms with Crippen molar-refractivity contribution < 1.29 is 14.3 Å². The summed E-state index contributed by atoms with van der Waals surface area (Å²) >= 11 is 3.88. The van der Waals surface area contributed by atoms with Gasteiger partial charge in [-0.15, -0.1) is 12.6 Å². The van der Waals surface area contributed by atoms with E-state index in [4.69, 9.17) is 9.47 Å². The SMILES string of the molecule is CCOC(=O)c1ccc(OCS)nc1. The van der Waals surface area contributed by atoms with E-state index >= 15 is 0 Å². The second-order valence-electron chi connectivity index (χ2n) is 2.38. The summed E-state index contributed by atoms with van der Waals surface area (Å²) in [6, 6.07) is 3.20. The average Bonchev–Trinajstić information content (AvgIpc) is 2.20. The third kappa shape index (κ3) is 2.92. The first-order chi connectivity index (χ1) is 6.77. The number of thiol groups is 1. The molecule has 0 unspecified atom stereocenters. The van der Waals surface area contributed by atoms with E-state index in [1.165, 1.54) is 6.20 Å². The molecule has 76 valence electrons. The van der Waals surface area contributed by atoms with Crippen LogP contribution in [-0.4, -0.2) is 23.5 Å². The summed E-state index contributed by atoms with van der Waals surface area (Å²) in [5.41, 5.74) is 0.415. The van der Waals surface area contributed by atoms with Gasteiger partial charge in [0, 0.05) is 12.3 Å². The van der Waals surface area contributed by atoms with Gasteiger partial charge in [0.05, 0.1) is 12.2 Å². The molecule has 0 fully saturated rings. The Morgan fingerprint density at radius 3 is 2.86 bits per heavy atom. The highest BCUT2D eigenvalue weighted by Gasteiger charge is 2.06. The monoisotopic (exact) mass is 213 g/mol. The summed E-state index contributed by atoms with van der Waals surface area (Å²) in [7, 11) is 0. The number of esters is 1. The first kappa shape index (κ1) is 10.8. The summed E-state index contributed by atoms with van der Waals surface area (Å²) in [4.78, 5) is 15.1. The van der Waals surface area contributed by atoms with E-state index in [0.29, 0.717) is 18.1 Å². The molecule has 0 bridgehead atoms. The highest BCUT2D eigenvalue weighted by atomic mass is 32.1. The first-order valence-corrected chi connectivity index (χ1v) is 4.78. The number of hydrogen-bond donors (Lipinski definition) is 1. The third-order valence-electron chi connectivity index (χ3n) is 1.46. The van der Waals surface area contributed by atoms with E-state index < -0.39 is 0 Å². The highest BCUT2D eigenvalue weighted by Crippen LogP contribution is 2.08. The minimum atomic E-state index is -0.377. The minimum Gasteiger partial charge on any atom is -0.467 e. The molecule has 0 N–H and O–H groups in total. The lowest BCUT2D eigenvalue weighted by Crippen LogP contribution is -2.05. The molecule has 0 aliphatic rings. The van der Waals surface area contributed by atoms with Gasteiger partial charge in [-0.2, -0.15) is 0 Å². The Morgan fingerprint density at radius 2 is 2.36 bits per heavy atom. The largest absolute Gasteiger partial charge is 0.467 e. The molecule has 1 aromatic heterocycles. The minimum absolute atomic E-state index is 0.256. The van der Waals surface area contributed by atoms with Gasteiger partial charge in [0.1, 0.15) is 5.94 Å². The van der Waals surface area contributed by atoms with Gasteiger partial charge in [0.15, 0.2) is 0 Å². The van der Waals surface area contributed by atoms with Gasteiger partial charge >= 0.3 is 5.97 Å². The van der Waals surface area contributed by atoms with Crippen LogP contribution in [0.5, 0.6) is 5.88 Å². The van der Waals surface area contributed by atoms with Gasteiger partial charge in [-0.3, -0.25) is 0 Å². The van der Waals surface area contributed by atoms with Crippen molar-refractivity contribution in [3.63, 3.8) is 0 Å². The van der Waals surface area contributed by atoms with Gasteiger partial charge in [0.25, 0.3) is 0 Å². The lowest BCUT2D eigenvalue weighted by molar-refractivity contribution is 0.0526. The molecular weight excluding hydrogens is 202 g/mol. The van der Waals surface area contributed by atoms with Gasteiger partial charge in [0.2, 0.25) is 5.88 Å². The van der Waals surface area contributed by atoms with Crippen molar-refractivity contribution in [2.24, 2.45) is 0 Å². The Kier molecular flexibility index (Phi) is 4.25. The molecule has 0 radical (unpaired) electrons. The number of hydrogen-bond acceptors (Lipinski definition) is 5. The number of carbonyl (C=O) groups is 1. The van der Waals surface area contributed by atoms with E-state index in [2.05, 4.69) is 17.6 Å². The number of rotatable bonds is 4. The van der Waals surface area contributed by atoms with Crippen LogP contribution in [0.1, 0.15) is 17.3 Å². The molecule has 1 rings (SSSR count). The Labute approximate surface area is 87.7 Å². The summed E-state index contributed by atoms with van der Waals surface area (Å²) in [6.07, 6.45) is 1.41. The zero-order valence-electron chi connectivity index (χ0n) is 7.77. The molecule has 0 aliphatic carbocycles.